The molecule has 0 rings (SSSR count). The predicted molar refractivity (Wildman–Crippen MR) is 32.3 cm³/mol. The van der Waals surface area contributed by atoms with Crippen LogP contribution in [-0.2, 0) is 9.47 Å². The molecule has 0 aliphatic heterocycles. The molecule has 0 fully saturated rings. The summed E-state index contributed by atoms with van der Waals surface area (Å²) in [6.07, 6.45) is 6.61. The van der Waals surface area contributed by atoms with Gasteiger partial charge in [0.2, 0.25) is 0 Å². The summed E-state index contributed by atoms with van der Waals surface area (Å²) in [6, 6.07) is 0. The van der Waals surface area contributed by atoms with E-state index in [2.05, 4.69) is 9.47 Å². The summed E-state index contributed by atoms with van der Waals surface area (Å²) in [7, 11) is 3.19. The van der Waals surface area contributed by atoms with Crippen molar-refractivity contribution >= 4 is 0 Å². The van der Waals surface area contributed by atoms with E-state index in [0.29, 0.717) is 0 Å². The topological polar surface area (TPSA) is 18.5 Å². The molecule has 0 radical (unpaired) electrons. The van der Waals surface area contributed by atoms with Crippen molar-refractivity contribution in [1.29, 1.82) is 0 Å². The molecule has 0 aliphatic rings. The molecule has 0 N–H and O–H groups in total. The predicted octanol–water partition coefficient (Wildman–Crippen LogP) is 1.31. The summed E-state index contributed by atoms with van der Waals surface area (Å²) in [5.74, 6) is 0. The second-order valence-corrected chi connectivity index (χ2v) is 1.13. The molecule has 46 valence electrons. The number of methoxy groups -OCH3 is 2. The summed E-state index contributed by atoms with van der Waals surface area (Å²) in [5, 5.41) is 0. The van der Waals surface area contributed by atoms with Crippen LogP contribution in [0.15, 0.2) is 24.7 Å². The first kappa shape index (κ1) is 7.08. The van der Waals surface area contributed by atoms with Crippen LogP contribution in [0.5, 0.6) is 0 Å². The minimum absolute atomic E-state index is 1.56. The average Bonchev–Trinajstić information content (AvgIpc) is 1.81. The van der Waals surface area contributed by atoms with Gasteiger partial charge in [-0.15, -0.1) is 0 Å². The van der Waals surface area contributed by atoms with Gasteiger partial charge in [0, 0.05) is 0 Å². The Kier molecular flexibility index (Phi) is 5.38. The van der Waals surface area contributed by atoms with Crippen LogP contribution < -0.4 is 0 Å². The van der Waals surface area contributed by atoms with Gasteiger partial charge < -0.3 is 9.47 Å². The molecule has 0 saturated carbocycles. The van der Waals surface area contributed by atoms with Gasteiger partial charge in [0.1, 0.15) is 0 Å². The highest BCUT2D eigenvalue weighted by Crippen LogP contribution is 1.76. The van der Waals surface area contributed by atoms with E-state index >= 15 is 0 Å². The molecule has 0 atom stereocenters. The number of allylic oxidation sites excluding steroid dienone is 2. The van der Waals surface area contributed by atoms with Gasteiger partial charge in [0.25, 0.3) is 0 Å². The van der Waals surface area contributed by atoms with Crippen LogP contribution in [0.25, 0.3) is 0 Å². The second-order valence-electron chi connectivity index (χ2n) is 1.13. The lowest BCUT2D eigenvalue weighted by Crippen LogP contribution is -1.63. The minimum Gasteiger partial charge on any atom is -0.504 e. The first-order valence-corrected chi connectivity index (χ1v) is 2.29. The number of rotatable bonds is 3. The summed E-state index contributed by atoms with van der Waals surface area (Å²) < 4.78 is 9.20. The van der Waals surface area contributed by atoms with E-state index < -0.39 is 0 Å². The maximum absolute atomic E-state index is 4.60. The molecule has 0 spiro atoms. The molecule has 0 aromatic rings. The maximum atomic E-state index is 4.60. The fourth-order valence-corrected chi connectivity index (χ4v) is 0.248. The van der Waals surface area contributed by atoms with Crippen molar-refractivity contribution in [2.45, 2.75) is 0 Å². The highest BCUT2D eigenvalue weighted by atomic mass is 16.5. The van der Waals surface area contributed by atoms with Gasteiger partial charge in [-0.05, 0) is 12.2 Å². The second kappa shape index (κ2) is 6.08. The quantitative estimate of drug-likeness (QED) is 0.407. The number of hydrogen-bond acceptors (Lipinski definition) is 2. The third-order valence-electron chi connectivity index (χ3n) is 0.540. The van der Waals surface area contributed by atoms with E-state index in [1.807, 2.05) is 0 Å². The first-order valence-electron chi connectivity index (χ1n) is 2.29. The lowest BCUT2D eigenvalue weighted by Gasteiger charge is -1.82. The molecule has 0 unspecified atom stereocenters. The molecule has 0 bridgehead atoms. The van der Waals surface area contributed by atoms with Gasteiger partial charge in [-0.1, -0.05) is 0 Å². The lowest BCUT2D eigenvalue weighted by molar-refractivity contribution is 0.333. The van der Waals surface area contributed by atoms with E-state index in [0.717, 1.165) is 0 Å². The van der Waals surface area contributed by atoms with Gasteiger partial charge in [-0.3, -0.25) is 0 Å². The van der Waals surface area contributed by atoms with Crippen LogP contribution >= 0.6 is 0 Å². The minimum atomic E-state index is 1.56. The summed E-state index contributed by atoms with van der Waals surface area (Å²) >= 11 is 0. The SMILES string of the molecule is COC=C/C=C\OC. The Hall–Kier alpha value is -0.920. The van der Waals surface area contributed by atoms with Crippen molar-refractivity contribution in [1.82, 2.24) is 0 Å². The maximum Gasteiger partial charge on any atom is 0.0825 e. The third-order valence-corrected chi connectivity index (χ3v) is 0.540. The molecule has 2 nitrogen and oxygen atoms in total. The monoisotopic (exact) mass is 114 g/mol. The standard InChI is InChI=1S/C6H10O2/c1-7-5-3-4-6-8-2/h3-6H,1-2H3/b5-3-,6-4?. The van der Waals surface area contributed by atoms with E-state index in [4.69, 9.17) is 0 Å². The third kappa shape index (κ3) is 5.08. The van der Waals surface area contributed by atoms with Crippen molar-refractivity contribution < 1.29 is 9.47 Å². The van der Waals surface area contributed by atoms with E-state index in [1.54, 1.807) is 38.9 Å². The van der Waals surface area contributed by atoms with Crippen LogP contribution in [0.2, 0.25) is 0 Å². The van der Waals surface area contributed by atoms with Gasteiger partial charge >= 0.3 is 0 Å². The normalized spacial score (nSPS) is 10.8. The van der Waals surface area contributed by atoms with Crippen LogP contribution in [0, 0.1) is 0 Å². The molecule has 0 amide bonds. The van der Waals surface area contributed by atoms with Crippen molar-refractivity contribution in [2.75, 3.05) is 14.2 Å². The Balaban J connectivity index is 3.13. The Morgan fingerprint density at radius 3 is 1.50 bits per heavy atom. The van der Waals surface area contributed by atoms with Gasteiger partial charge in [-0.25, -0.2) is 0 Å². The molecule has 0 saturated heterocycles. The van der Waals surface area contributed by atoms with Crippen molar-refractivity contribution in [2.24, 2.45) is 0 Å². The fraction of sp³-hybridized carbons (Fsp3) is 0.333. The first-order chi connectivity index (χ1) is 3.91. The zero-order chi connectivity index (χ0) is 6.24. The van der Waals surface area contributed by atoms with Crippen molar-refractivity contribution in [3.63, 3.8) is 0 Å². The zero-order valence-corrected chi connectivity index (χ0v) is 5.13. The fourth-order valence-electron chi connectivity index (χ4n) is 0.248. The van der Waals surface area contributed by atoms with Crippen LogP contribution in [0.3, 0.4) is 0 Å². The van der Waals surface area contributed by atoms with Gasteiger partial charge in [0.05, 0.1) is 26.7 Å². The Bertz CT molecular complexity index is 72.5. The van der Waals surface area contributed by atoms with Crippen LogP contribution in [0.1, 0.15) is 0 Å². The van der Waals surface area contributed by atoms with Crippen LogP contribution in [-0.4, -0.2) is 14.2 Å². The molecule has 8 heavy (non-hydrogen) atoms. The number of ether oxygens (including phenoxy) is 2. The summed E-state index contributed by atoms with van der Waals surface area (Å²) in [4.78, 5) is 0. The molecular weight excluding hydrogens is 104 g/mol. The van der Waals surface area contributed by atoms with Gasteiger partial charge in [0.15, 0.2) is 0 Å². The smallest absolute Gasteiger partial charge is 0.0825 e. The summed E-state index contributed by atoms with van der Waals surface area (Å²) in [5.41, 5.74) is 0. The van der Waals surface area contributed by atoms with E-state index in [9.17, 15) is 0 Å². The molecule has 2 heteroatoms. The molecular formula is C6H10O2. The van der Waals surface area contributed by atoms with Crippen LogP contribution in [0.4, 0.5) is 0 Å². The van der Waals surface area contributed by atoms with E-state index in [1.165, 1.54) is 0 Å². The number of hydrogen-bond donors (Lipinski definition) is 0. The zero-order valence-electron chi connectivity index (χ0n) is 5.13. The molecule has 0 heterocycles. The highest BCUT2D eigenvalue weighted by Gasteiger charge is 1.60. The molecule has 0 aromatic carbocycles. The Labute approximate surface area is 49.4 Å². The molecule has 0 aliphatic carbocycles. The Morgan fingerprint density at radius 2 is 1.25 bits per heavy atom. The van der Waals surface area contributed by atoms with Crippen molar-refractivity contribution in [3.8, 4) is 0 Å². The van der Waals surface area contributed by atoms with Crippen molar-refractivity contribution in [3.05, 3.63) is 24.7 Å². The largest absolute Gasteiger partial charge is 0.504 e. The highest BCUT2D eigenvalue weighted by molar-refractivity contribution is 4.95. The van der Waals surface area contributed by atoms with E-state index in [-0.39, 0.29) is 0 Å². The summed E-state index contributed by atoms with van der Waals surface area (Å²) in [6.45, 7) is 0. The average molecular weight is 114 g/mol. The lowest BCUT2D eigenvalue weighted by atomic mass is 10.6. The van der Waals surface area contributed by atoms with Gasteiger partial charge in [-0.2, -0.15) is 0 Å². The Morgan fingerprint density at radius 1 is 0.875 bits per heavy atom. The molecule has 0 aromatic heterocycles.